The molecule has 0 amide bonds. The standard InChI is InChI=1S/C36H33N3O5/c1-22-13-27(18-34-38-35-31(39(34)2)16-28(36(40)42-4)17-33(35)41-3)32-19-30(22)25-7-5-9-29(15-25)44-21-26-11-10-23(20-37)14-24(26)8-6-12-43-32/h5,7,9-11,13-17,19H,6,8,12,18,21H2,1-4H3. The molecule has 1 aliphatic rings. The van der Waals surface area contributed by atoms with Crippen molar-refractivity contribution in [2.45, 2.75) is 32.8 Å². The van der Waals surface area contributed by atoms with Gasteiger partial charge < -0.3 is 23.5 Å². The number of imidazole rings is 1. The van der Waals surface area contributed by atoms with E-state index < -0.39 is 5.97 Å². The average Bonchev–Trinajstić information content (AvgIpc) is 3.36. The van der Waals surface area contributed by atoms with Crippen LogP contribution in [0.15, 0.2) is 66.7 Å². The number of ether oxygens (including phenoxy) is 4. The zero-order valence-electron chi connectivity index (χ0n) is 25.3. The highest BCUT2D eigenvalue weighted by atomic mass is 16.5. The lowest BCUT2D eigenvalue weighted by molar-refractivity contribution is 0.0600. The van der Waals surface area contributed by atoms with Gasteiger partial charge in [0, 0.05) is 19.0 Å². The molecule has 0 radical (unpaired) electrons. The number of carbonyl (C=O) groups is 1. The molecule has 6 rings (SSSR count). The Bertz CT molecular complexity index is 1940. The Morgan fingerprint density at radius 2 is 1.91 bits per heavy atom. The number of fused-ring (bicyclic) bond motifs is 7. The van der Waals surface area contributed by atoms with Crippen LogP contribution in [-0.2, 0) is 31.2 Å². The number of methoxy groups -OCH3 is 2. The summed E-state index contributed by atoms with van der Waals surface area (Å²) in [7, 11) is 4.86. The van der Waals surface area contributed by atoms with Gasteiger partial charge in [-0.05, 0) is 90.0 Å². The monoisotopic (exact) mass is 587 g/mol. The van der Waals surface area contributed by atoms with E-state index in [4.69, 9.17) is 23.9 Å². The fraction of sp³-hybridized carbons (Fsp3) is 0.250. The first-order valence-corrected chi connectivity index (χ1v) is 14.5. The van der Waals surface area contributed by atoms with Crippen molar-refractivity contribution < 1.29 is 23.7 Å². The van der Waals surface area contributed by atoms with Crippen LogP contribution < -0.4 is 14.2 Å². The van der Waals surface area contributed by atoms with E-state index in [1.54, 1.807) is 19.2 Å². The summed E-state index contributed by atoms with van der Waals surface area (Å²) in [6, 6.07) is 23.8. The molecule has 222 valence electrons. The van der Waals surface area contributed by atoms with Crippen molar-refractivity contribution >= 4 is 17.0 Å². The lowest BCUT2D eigenvalue weighted by Crippen LogP contribution is -2.07. The number of nitrogens with zero attached hydrogens (tertiary/aromatic N) is 3. The maximum Gasteiger partial charge on any atom is 0.338 e. The summed E-state index contributed by atoms with van der Waals surface area (Å²) in [6.45, 7) is 3.03. The van der Waals surface area contributed by atoms with Crippen LogP contribution in [0.25, 0.3) is 22.2 Å². The van der Waals surface area contributed by atoms with Gasteiger partial charge in [0.05, 0.1) is 43.5 Å². The molecule has 0 aliphatic carbocycles. The summed E-state index contributed by atoms with van der Waals surface area (Å²) in [6.07, 6.45) is 2.04. The van der Waals surface area contributed by atoms with Gasteiger partial charge in [-0.25, -0.2) is 9.78 Å². The second kappa shape index (κ2) is 12.1. The van der Waals surface area contributed by atoms with Gasteiger partial charge >= 0.3 is 5.97 Å². The Balaban J connectivity index is 1.40. The van der Waals surface area contributed by atoms with Crippen LogP contribution >= 0.6 is 0 Å². The van der Waals surface area contributed by atoms with E-state index in [1.807, 2.05) is 41.9 Å². The maximum atomic E-state index is 12.3. The van der Waals surface area contributed by atoms with Gasteiger partial charge in [0.15, 0.2) is 0 Å². The quantitative estimate of drug-likeness (QED) is 0.216. The maximum absolute atomic E-state index is 12.3. The van der Waals surface area contributed by atoms with Gasteiger partial charge in [0.25, 0.3) is 0 Å². The molecule has 0 fully saturated rings. The van der Waals surface area contributed by atoms with Crippen molar-refractivity contribution in [1.29, 1.82) is 5.26 Å². The van der Waals surface area contributed by atoms with E-state index in [0.717, 1.165) is 69.1 Å². The number of rotatable bonds is 4. The molecule has 8 heteroatoms. The zero-order valence-corrected chi connectivity index (χ0v) is 25.3. The van der Waals surface area contributed by atoms with Crippen LogP contribution in [0.4, 0.5) is 0 Å². The number of benzene rings is 4. The van der Waals surface area contributed by atoms with Crippen molar-refractivity contribution in [2.75, 3.05) is 20.8 Å². The molecular formula is C36H33N3O5. The van der Waals surface area contributed by atoms with Crippen LogP contribution in [-0.4, -0.2) is 36.3 Å². The molecular weight excluding hydrogens is 554 g/mol. The van der Waals surface area contributed by atoms with E-state index in [2.05, 4.69) is 37.3 Å². The van der Waals surface area contributed by atoms with E-state index >= 15 is 0 Å². The van der Waals surface area contributed by atoms with E-state index in [1.165, 1.54) is 7.11 Å². The van der Waals surface area contributed by atoms with Gasteiger partial charge in [-0.1, -0.05) is 24.3 Å². The van der Waals surface area contributed by atoms with E-state index in [-0.39, 0.29) is 0 Å². The van der Waals surface area contributed by atoms with Gasteiger partial charge in [0.2, 0.25) is 0 Å². The van der Waals surface area contributed by atoms with Crippen LogP contribution in [0.1, 0.15) is 50.4 Å². The molecule has 1 aliphatic heterocycles. The van der Waals surface area contributed by atoms with Gasteiger partial charge in [0.1, 0.15) is 35.2 Å². The van der Waals surface area contributed by atoms with Crippen LogP contribution in [0.2, 0.25) is 0 Å². The largest absolute Gasteiger partial charge is 0.494 e. The van der Waals surface area contributed by atoms with Gasteiger partial charge in [-0.15, -0.1) is 0 Å². The number of carbonyl (C=O) groups excluding carboxylic acids is 1. The predicted molar refractivity (Wildman–Crippen MR) is 167 cm³/mol. The van der Waals surface area contributed by atoms with Crippen molar-refractivity contribution in [3.63, 3.8) is 0 Å². The molecule has 0 spiro atoms. The van der Waals surface area contributed by atoms with Crippen LogP contribution in [0, 0.1) is 18.3 Å². The molecule has 0 saturated heterocycles. The number of hydrogen-bond donors (Lipinski definition) is 0. The lowest BCUT2D eigenvalue weighted by Gasteiger charge is -2.18. The summed E-state index contributed by atoms with van der Waals surface area (Å²) < 4.78 is 25.2. The first kappa shape index (κ1) is 28.8. The molecule has 1 aromatic heterocycles. The Labute approximate surface area is 256 Å². The smallest absolute Gasteiger partial charge is 0.338 e. The van der Waals surface area contributed by atoms with Gasteiger partial charge in [-0.3, -0.25) is 0 Å². The highest BCUT2D eigenvalue weighted by Gasteiger charge is 2.20. The lowest BCUT2D eigenvalue weighted by atomic mass is 9.96. The van der Waals surface area contributed by atoms with E-state index in [9.17, 15) is 10.1 Å². The topological polar surface area (TPSA) is 95.6 Å². The summed E-state index contributed by atoms with van der Waals surface area (Å²) >= 11 is 0. The summed E-state index contributed by atoms with van der Waals surface area (Å²) in [5.74, 6) is 2.45. The van der Waals surface area contributed by atoms with Crippen LogP contribution in [0.5, 0.6) is 17.2 Å². The summed E-state index contributed by atoms with van der Waals surface area (Å²) in [4.78, 5) is 17.2. The molecule has 8 nitrogen and oxygen atoms in total. The molecule has 0 unspecified atom stereocenters. The minimum absolute atomic E-state index is 0.401. The molecule has 0 N–H and O–H groups in total. The minimum Gasteiger partial charge on any atom is -0.494 e. The first-order valence-electron chi connectivity index (χ1n) is 14.5. The molecule has 2 heterocycles. The average molecular weight is 588 g/mol. The first-order chi connectivity index (χ1) is 21.4. The van der Waals surface area contributed by atoms with Crippen molar-refractivity contribution in [3.8, 4) is 34.4 Å². The normalized spacial score (nSPS) is 12.7. The Morgan fingerprint density at radius 1 is 1.05 bits per heavy atom. The molecule has 0 saturated carbocycles. The molecule has 4 aromatic carbocycles. The Morgan fingerprint density at radius 3 is 2.70 bits per heavy atom. The molecule has 0 atom stereocenters. The van der Waals surface area contributed by atoms with Crippen LogP contribution in [0.3, 0.4) is 0 Å². The highest BCUT2D eigenvalue weighted by molar-refractivity contribution is 5.96. The third-order valence-electron chi connectivity index (χ3n) is 8.16. The Kier molecular flexibility index (Phi) is 7.95. The number of hydrogen-bond acceptors (Lipinski definition) is 7. The predicted octanol–water partition coefficient (Wildman–Crippen LogP) is 6.71. The highest BCUT2D eigenvalue weighted by Crippen LogP contribution is 2.35. The molecule has 44 heavy (non-hydrogen) atoms. The third kappa shape index (κ3) is 5.57. The Hall–Kier alpha value is -5.29. The molecule has 5 aromatic rings. The fourth-order valence-electron chi connectivity index (χ4n) is 5.78. The molecule has 4 bridgehead atoms. The van der Waals surface area contributed by atoms with Crippen molar-refractivity contribution in [1.82, 2.24) is 9.55 Å². The second-order valence-corrected chi connectivity index (χ2v) is 10.9. The SMILES string of the molecule is COC(=O)c1cc(OC)c2nc(Cc3cc(C)c4cc3OCCCc3cc(C#N)ccc3COc3cccc-4c3)n(C)c2c1. The number of esters is 1. The minimum atomic E-state index is -0.435. The number of aromatic nitrogens is 2. The number of nitriles is 1. The summed E-state index contributed by atoms with van der Waals surface area (Å²) in [5.41, 5.74) is 8.86. The van der Waals surface area contributed by atoms with E-state index in [0.29, 0.717) is 42.0 Å². The van der Waals surface area contributed by atoms with Crippen molar-refractivity contribution in [2.24, 2.45) is 7.05 Å². The van der Waals surface area contributed by atoms with Gasteiger partial charge in [-0.2, -0.15) is 5.26 Å². The number of aryl methyl sites for hydroxylation is 3. The fourth-order valence-corrected chi connectivity index (χ4v) is 5.78. The zero-order chi connectivity index (χ0) is 30.8. The third-order valence-corrected chi connectivity index (χ3v) is 8.16. The second-order valence-electron chi connectivity index (χ2n) is 10.9. The van der Waals surface area contributed by atoms with Crippen molar-refractivity contribution in [3.05, 3.63) is 106 Å². The summed E-state index contributed by atoms with van der Waals surface area (Å²) in [5, 5.41) is 9.46.